The second-order valence-electron chi connectivity index (χ2n) is 7.60. The van der Waals surface area contributed by atoms with Crippen LogP contribution in [-0.2, 0) is 24.3 Å². The number of benzene rings is 2. The Bertz CT molecular complexity index is 1180. The van der Waals surface area contributed by atoms with Crippen LogP contribution >= 0.6 is 15.9 Å². The van der Waals surface area contributed by atoms with E-state index in [0.717, 1.165) is 36.1 Å². The van der Waals surface area contributed by atoms with E-state index < -0.39 is 18.1 Å². The molecule has 1 aliphatic heterocycles. The highest BCUT2D eigenvalue weighted by molar-refractivity contribution is 9.10. The van der Waals surface area contributed by atoms with Crippen LogP contribution < -0.4 is 5.48 Å². The molecule has 3 N–H and O–H groups in total. The number of aliphatic carboxylic acids is 1. The van der Waals surface area contributed by atoms with Gasteiger partial charge in [-0.2, -0.15) is 13.2 Å². The minimum Gasteiger partial charge on any atom is -0.475 e. The first kappa shape index (κ1) is 24.7. The van der Waals surface area contributed by atoms with Crippen LogP contribution in [0.15, 0.2) is 46.9 Å². The quantitative estimate of drug-likeness (QED) is 0.350. The zero-order valence-electron chi connectivity index (χ0n) is 17.5. The molecule has 7 nitrogen and oxygen atoms in total. The minimum absolute atomic E-state index is 0.446. The van der Waals surface area contributed by atoms with Crippen LogP contribution in [0.1, 0.15) is 27.2 Å². The molecule has 0 saturated heterocycles. The van der Waals surface area contributed by atoms with Gasteiger partial charge < -0.3 is 14.6 Å². The van der Waals surface area contributed by atoms with Gasteiger partial charge in [-0.05, 0) is 48.5 Å². The summed E-state index contributed by atoms with van der Waals surface area (Å²) >= 11 is 3.60. The van der Waals surface area contributed by atoms with Crippen molar-refractivity contribution in [1.29, 1.82) is 0 Å². The number of carboxylic acids is 1. The zero-order valence-corrected chi connectivity index (χ0v) is 19.1. The fraction of sp³-hybridized carbons (Fsp3) is 0.273. The standard InChI is InChI=1S/C20H20BrN3O2.C2HF3O2/c1-23-9-8-19-17(12-23)16-10-15(21)6-7-18(16)24(19)11-13-2-4-14(5-3-13)20(25)22-26;3-2(4,5)1(6)7/h2-7,10,26H,8-9,11-12H2,1H3,(H,22,25);(H,6,7). The van der Waals surface area contributed by atoms with Crippen molar-refractivity contribution in [2.24, 2.45) is 0 Å². The molecule has 4 rings (SSSR count). The van der Waals surface area contributed by atoms with Gasteiger partial charge in [0.25, 0.3) is 5.91 Å². The Hall–Kier alpha value is -2.89. The first-order chi connectivity index (χ1) is 15.5. The Morgan fingerprint density at radius 1 is 1.15 bits per heavy atom. The Balaban J connectivity index is 0.000000383. The number of hydroxylamine groups is 1. The van der Waals surface area contributed by atoms with Crippen molar-refractivity contribution in [3.05, 3.63) is 69.3 Å². The number of carbonyl (C=O) groups is 2. The lowest BCUT2D eigenvalue weighted by Crippen LogP contribution is -2.27. The fourth-order valence-corrected chi connectivity index (χ4v) is 4.11. The van der Waals surface area contributed by atoms with Crippen LogP contribution in [0.2, 0.25) is 0 Å². The van der Waals surface area contributed by atoms with Crippen LogP contribution in [0, 0.1) is 0 Å². The Kier molecular flexibility index (Phi) is 7.45. The van der Waals surface area contributed by atoms with Gasteiger partial charge >= 0.3 is 12.1 Å². The molecular formula is C22H21BrF3N3O4. The van der Waals surface area contributed by atoms with Gasteiger partial charge in [0.1, 0.15) is 0 Å². The lowest BCUT2D eigenvalue weighted by Gasteiger charge is -2.24. The van der Waals surface area contributed by atoms with E-state index in [1.807, 2.05) is 12.1 Å². The smallest absolute Gasteiger partial charge is 0.475 e. The number of carboxylic acid groups (broad SMARTS) is 1. The summed E-state index contributed by atoms with van der Waals surface area (Å²) in [6.45, 7) is 2.78. The molecule has 0 bridgehead atoms. The van der Waals surface area contributed by atoms with Gasteiger partial charge in [-0.3, -0.25) is 10.0 Å². The Morgan fingerprint density at radius 3 is 2.36 bits per heavy atom. The van der Waals surface area contributed by atoms with Crippen LogP contribution in [0.25, 0.3) is 10.9 Å². The maximum atomic E-state index is 11.5. The van der Waals surface area contributed by atoms with Crippen LogP contribution in [0.4, 0.5) is 13.2 Å². The third-order valence-corrected chi connectivity index (χ3v) is 5.80. The first-order valence-electron chi connectivity index (χ1n) is 9.82. The topological polar surface area (TPSA) is 94.8 Å². The number of halogens is 4. The summed E-state index contributed by atoms with van der Waals surface area (Å²) in [4.78, 5) is 22.7. The summed E-state index contributed by atoms with van der Waals surface area (Å²) in [6.07, 6.45) is -4.05. The van der Waals surface area contributed by atoms with E-state index in [1.165, 1.54) is 22.2 Å². The highest BCUT2D eigenvalue weighted by atomic mass is 79.9. The lowest BCUT2D eigenvalue weighted by molar-refractivity contribution is -0.192. The molecule has 1 aliphatic rings. The van der Waals surface area contributed by atoms with Crippen LogP contribution in [0.5, 0.6) is 0 Å². The summed E-state index contributed by atoms with van der Waals surface area (Å²) < 4.78 is 35.2. The molecule has 3 aromatic rings. The molecule has 0 saturated carbocycles. The van der Waals surface area contributed by atoms with Crippen molar-refractivity contribution in [2.45, 2.75) is 25.7 Å². The minimum atomic E-state index is -5.08. The van der Waals surface area contributed by atoms with E-state index in [9.17, 15) is 18.0 Å². The van der Waals surface area contributed by atoms with E-state index in [-0.39, 0.29) is 0 Å². The molecule has 0 radical (unpaired) electrons. The largest absolute Gasteiger partial charge is 0.490 e. The Labute approximate surface area is 195 Å². The van der Waals surface area contributed by atoms with Crippen molar-refractivity contribution in [1.82, 2.24) is 14.9 Å². The van der Waals surface area contributed by atoms with Gasteiger partial charge in [0, 0.05) is 52.7 Å². The van der Waals surface area contributed by atoms with Gasteiger partial charge in [-0.25, -0.2) is 10.3 Å². The number of carbonyl (C=O) groups excluding carboxylic acids is 1. The lowest BCUT2D eigenvalue weighted by atomic mass is 10.1. The molecule has 1 aromatic heterocycles. The number of likely N-dealkylation sites (N-methyl/N-ethyl adjacent to an activating group) is 1. The van der Waals surface area contributed by atoms with Crippen molar-refractivity contribution < 1.29 is 33.1 Å². The maximum Gasteiger partial charge on any atom is 0.490 e. The molecule has 1 amide bonds. The van der Waals surface area contributed by atoms with Crippen molar-refractivity contribution >= 4 is 38.7 Å². The zero-order chi connectivity index (χ0) is 24.3. The predicted octanol–water partition coefficient (Wildman–Crippen LogP) is 4.19. The second-order valence-corrected chi connectivity index (χ2v) is 8.52. The number of rotatable bonds is 3. The molecule has 0 spiro atoms. The molecule has 0 unspecified atom stereocenters. The summed E-state index contributed by atoms with van der Waals surface area (Å²) in [5.74, 6) is -3.25. The highest BCUT2D eigenvalue weighted by Gasteiger charge is 2.38. The summed E-state index contributed by atoms with van der Waals surface area (Å²) in [7, 11) is 2.16. The fourth-order valence-electron chi connectivity index (χ4n) is 3.75. The van der Waals surface area contributed by atoms with Gasteiger partial charge in [-0.1, -0.05) is 28.1 Å². The van der Waals surface area contributed by atoms with Gasteiger partial charge in [0.05, 0.1) is 0 Å². The molecule has 176 valence electrons. The van der Waals surface area contributed by atoms with E-state index in [0.29, 0.717) is 5.56 Å². The highest BCUT2D eigenvalue weighted by Crippen LogP contribution is 2.33. The second kappa shape index (κ2) is 9.94. The third kappa shape index (κ3) is 5.73. The van der Waals surface area contributed by atoms with E-state index in [4.69, 9.17) is 15.1 Å². The molecule has 0 aliphatic carbocycles. The number of nitrogens with zero attached hydrogens (tertiary/aromatic N) is 2. The summed E-state index contributed by atoms with van der Waals surface area (Å²) in [5.41, 5.74) is 7.29. The number of hydrogen-bond acceptors (Lipinski definition) is 4. The van der Waals surface area contributed by atoms with Crippen LogP contribution in [-0.4, -0.2) is 51.4 Å². The average Bonchev–Trinajstić information content (AvgIpc) is 3.05. The van der Waals surface area contributed by atoms with E-state index >= 15 is 0 Å². The number of alkyl halides is 3. The number of hydrogen-bond donors (Lipinski definition) is 3. The molecule has 0 atom stereocenters. The predicted molar refractivity (Wildman–Crippen MR) is 118 cm³/mol. The summed E-state index contributed by atoms with van der Waals surface area (Å²) in [5, 5.41) is 17.2. The molecule has 2 heterocycles. The van der Waals surface area contributed by atoms with E-state index in [1.54, 1.807) is 17.6 Å². The molecule has 0 fully saturated rings. The maximum absolute atomic E-state index is 11.5. The van der Waals surface area contributed by atoms with Crippen molar-refractivity contribution in [3.8, 4) is 0 Å². The third-order valence-electron chi connectivity index (χ3n) is 5.31. The molecule has 11 heteroatoms. The van der Waals surface area contributed by atoms with Gasteiger partial charge in [0.15, 0.2) is 0 Å². The van der Waals surface area contributed by atoms with E-state index in [2.05, 4.69) is 50.6 Å². The Morgan fingerprint density at radius 2 is 1.79 bits per heavy atom. The molecular weight excluding hydrogens is 507 g/mol. The number of fused-ring (bicyclic) bond motifs is 3. The van der Waals surface area contributed by atoms with Crippen molar-refractivity contribution in [2.75, 3.05) is 13.6 Å². The normalized spacial score (nSPS) is 13.8. The number of nitrogens with one attached hydrogen (secondary N) is 1. The first-order valence-corrected chi connectivity index (χ1v) is 10.6. The van der Waals surface area contributed by atoms with Gasteiger partial charge in [-0.15, -0.1) is 0 Å². The number of amides is 1. The van der Waals surface area contributed by atoms with Crippen LogP contribution in [0.3, 0.4) is 0 Å². The molecule has 2 aromatic carbocycles. The monoisotopic (exact) mass is 527 g/mol. The number of aromatic nitrogens is 1. The summed E-state index contributed by atoms with van der Waals surface area (Å²) in [6, 6.07) is 13.8. The van der Waals surface area contributed by atoms with Gasteiger partial charge in [0.2, 0.25) is 0 Å². The SMILES string of the molecule is CN1CCc2c(c3cc(Br)ccc3n2Cc2ccc(C(=O)NO)cc2)C1.O=C(O)C(F)(F)F. The molecule has 33 heavy (non-hydrogen) atoms. The average molecular weight is 528 g/mol. The van der Waals surface area contributed by atoms with Crippen molar-refractivity contribution in [3.63, 3.8) is 0 Å².